The molecule has 1 saturated heterocycles. The summed E-state index contributed by atoms with van der Waals surface area (Å²) >= 11 is 6.51. The maximum atomic E-state index is 16.3. The van der Waals surface area contributed by atoms with E-state index >= 15 is 8.78 Å². The van der Waals surface area contributed by atoms with Gasteiger partial charge in [-0.15, -0.1) is 0 Å². The Kier molecular flexibility index (Phi) is 10.0. The monoisotopic (exact) mass is 659 g/mol. The molecular formula is C34H36ClF2NO8. The number of halogens is 3. The van der Waals surface area contributed by atoms with Crippen LogP contribution in [0.4, 0.5) is 13.6 Å². The number of carboxylic acid groups (broad SMARTS) is 1. The van der Waals surface area contributed by atoms with E-state index in [1.54, 1.807) is 51.1 Å². The normalized spacial score (nSPS) is 19.2. The van der Waals surface area contributed by atoms with Gasteiger partial charge in [0.05, 0.1) is 23.7 Å². The lowest BCUT2D eigenvalue weighted by Crippen LogP contribution is -2.45. The Morgan fingerprint density at radius 1 is 1.09 bits per heavy atom. The molecule has 3 aromatic carbocycles. The molecule has 1 fully saturated rings. The molecule has 0 spiro atoms. The third-order valence-electron chi connectivity index (χ3n) is 7.64. The Bertz CT molecular complexity index is 1590. The first-order chi connectivity index (χ1) is 21.9. The predicted molar refractivity (Wildman–Crippen MR) is 165 cm³/mol. The van der Waals surface area contributed by atoms with Crippen LogP contribution in [-0.4, -0.2) is 55.4 Å². The van der Waals surface area contributed by atoms with Crippen LogP contribution in [0.1, 0.15) is 61.5 Å². The Labute approximate surface area is 270 Å². The molecule has 2 atom stereocenters. The number of carboxylic acids is 1. The topological polar surface area (TPSA) is 113 Å². The quantitative estimate of drug-likeness (QED) is 0.219. The van der Waals surface area contributed by atoms with E-state index < -0.39 is 51.0 Å². The Morgan fingerprint density at radius 2 is 1.85 bits per heavy atom. The zero-order chi connectivity index (χ0) is 33.1. The van der Waals surface area contributed by atoms with Crippen molar-refractivity contribution in [3.63, 3.8) is 0 Å². The highest BCUT2D eigenvalue weighted by Gasteiger charge is 2.45. The summed E-state index contributed by atoms with van der Waals surface area (Å²) in [5, 5.41) is 12.3. The second-order valence-corrected chi connectivity index (χ2v) is 12.5. The van der Waals surface area contributed by atoms with Gasteiger partial charge in [-0.3, -0.25) is 0 Å². The van der Waals surface area contributed by atoms with Crippen LogP contribution in [0.25, 0.3) is 11.1 Å². The lowest BCUT2D eigenvalue weighted by atomic mass is 9.85. The van der Waals surface area contributed by atoms with E-state index in [1.807, 2.05) is 0 Å². The minimum absolute atomic E-state index is 0.0176. The van der Waals surface area contributed by atoms with Crippen molar-refractivity contribution in [3.05, 3.63) is 81.9 Å². The van der Waals surface area contributed by atoms with E-state index in [-0.39, 0.29) is 55.1 Å². The number of hydrogen-bond donors (Lipinski definition) is 2. The van der Waals surface area contributed by atoms with Crippen LogP contribution >= 0.6 is 11.6 Å². The molecule has 0 aliphatic carbocycles. The first kappa shape index (κ1) is 33.4. The molecule has 2 N–H and O–H groups in total. The lowest BCUT2D eigenvalue weighted by Gasteiger charge is -2.30. The van der Waals surface area contributed by atoms with Gasteiger partial charge in [-0.1, -0.05) is 41.9 Å². The van der Waals surface area contributed by atoms with E-state index in [4.69, 9.17) is 35.3 Å². The van der Waals surface area contributed by atoms with Crippen LogP contribution in [0.15, 0.2) is 48.5 Å². The number of carbonyl (C=O) groups is 2. The van der Waals surface area contributed by atoms with Gasteiger partial charge >= 0.3 is 12.1 Å². The van der Waals surface area contributed by atoms with Crippen LogP contribution in [-0.2, 0) is 26.2 Å². The fraction of sp³-hybridized carbons (Fsp3) is 0.412. The molecule has 246 valence electrons. The summed E-state index contributed by atoms with van der Waals surface area (Å²) in [6, 6.07) is 12.4. The molecule has 0 radical (unpaired) electrons. The highest BCUT2D eigenvalue weighted by molar-refractivity contribution is 6.34. The molecule has 12 heteroatoms. The second-order valence-electron chi connectivity index (χ2n) is 12.1. The molecule has 1 amide bonds. The number of rotatable bonds is 10. The van der Waals surface area contributed by atoms with E-state index in [2.05, 4.69) is 5.32 Å². The van der Waals surface area contributed by atoms with Gasteiger partial charge in [0.2, 0.25) is 0 Å². The maximum Gasteiger partial charge on any atom is 0.407 e. The van der Waals surface area contributed by atoms with Crippen molar-refractivity contribution in [3.8, 4) is 22.6 Å². The largest absolute Gasteiger partial charge is 0.488 e. The number of hydrogen-bond acceptors (Lipinski definition) is 7. The highest BCUT2D eigenvalue weighted by Crippen LogP contribution is 2.50. The summed E-state index contributed by atoms with van der Waals surface area (Å²) in [6.45, 7) is 5.73. The number of aromatic carboxylic acids is 1. The van der Waals surface area contributed by atoms with Crippen LogP contribution in [0.3, 0.4) is 0 Å². The third kappa shape index (κ3) is 7.37. The van der Waals surface area contributed by atoms with Crippen LogP contribution in [0, 0.1) is 11.6 Å². The predicted octanol–water partition coefficient (Wildman–Crippen LogP) is 7.26. The summed E-state index contributed by atoms with van der Waals surface area (Å²) in [5.41, 5.74) is -2.25. The van der Waals surface area contributed by atoms with Gasteiger partial charge in [0.25, 0.3) is 0 Å². The number of fused-ring (bicyclic) bond motifs is 1. The van der Waals surface area contributed by atoms with Gasteiger partial charge in [0.1, 0.15) is 23.8 Å². The molecule has 0 bridgehead atoms. The number of amides is 1. The highest BCUT2D eigenvalue weighted by atomic mass is 35.5. The van der Waals surface area contributed by atoms with Crippen molar-refractivity contribution in [2.75, 3.05) is 26.4 Å². The van der Waals surface area contributed by atoms with Crippen LogP contribution < -0.4 is 14.8 Å². The fourth-order valence-electron chi connectivity index (χ4n) is 5.60. The standard InChI is InChI=1S/C34H36ClF2NO8/c1-33(2,3)46-32(41)38-19-34(20-9-5-4-6-10-20)18-22-25(45-34)17-23(36)29(35)27(22)28-21(31(39)40)12-13-24(30(28)37)42-15-16-44-26-11-7-8-14-43-26/h4-6,9-10,12-13,17,26H,7-8,11,14-16,18-19H2,1-3H3,(H,38,41)(H,39,40). The molecule has 2 unspecified atom stereocenters. The molecule has 2 aliphatic heterocycles. The molecule has 0 saturated carbocycles. The number of alkyl carbamates (subject to hydrolysis) is 1. The molecule has 2 aliphatic rings. The second kappa shape index (κ2) is 13.8. The summed E-state index contributed by atoms with van der Waals surface area (Å²) in [4.78, 5) is 25.0. The zero-order valence-electron chi connectivity index (χ0n) is 25.8. The Morgan fingerprint density at radius 3 is 2.52 bits per heavy atom. The molecule has 0 aromatic heterocycles. The first-order valence-electron chi connectivity index (χ1n) is 15.0. The van der Waals surface area contributed by atoms with E-state index in [0.29, 0.717) is 12.2 Å². The van der Waals surface area contributed by atoms with Crippen molar-refractivity contribution in [1.29, 1.82) is 0 Å². The van der Waals surface area contributed by atoms with Crippen LogP contribution in [0.2, 0.25) is 5.02 Å². The van der Waals surface area contributed by atoms with Gasteiger partial charge in [-0.25, -0.2) is 18.4 Å². The van der Waals surface area contributed by atoms with Crippen molar-refractivity contribution in [1.82, 2.24) is 5.32 Å². The minimum Gasteiger partial charge on any atom is -0.488 e. The molecular weight excluding hydrogens is 624 g/mol. The Balaban J connectivity index is 1.51. The first-order valence-corrected chi connectivity index (χ1v) is 15.4. The third-order valence-corrected chi connectivity index (χ3v) is 8.01. The van der Waals surface area contributed by atoms with E-state index in [9.17, 15) is 14.7 Å². The van der Waals surface area contributed by atoms with Crippen LogP contribution in [0.5, 0.6) is 11.5 Å². The van der Waals surface area contributed by atoms with Crippen molar-refractivity contribution in [2.45, 2.75) is 63.9 Å². The maximum absolute atomic E-state index is 16.3. The number of benzene rings is 3. The molecule has 3 aromatic rings. The lowest BCUT2D eigenvalue weighted by molar-refractivity contribution is -0.165. The summed E-state index contributed by atoms with van der Waals surface area (Å²) in [6.07, 6.45) is 1.60. The Hall–Kier alpha value is -3.93. The van der Waals surface area contributed by atoms with Crippen molar-refractivity contribution >= 4 is 23.7 Å². The SMILES string of the molecule is CC(C)(C)OC(=O)NCC1(c2ccccc2)Cc2c(cc(F)c(Cl)c2-c2c(C(=O)O)ccc(OCCOC3CCCCO3)c2F)O1. The van der Waals surface area contributed by atoms with E-state index in [1.165, 1.54) is 12.1 Å². The van der Waals surface area contributed by atoms with E-state index in [0.717, 1.165) is 25.3 Å². The molecule has 2 heterocycles. The van der Waals surface area contributed by atoms with Gasteiger partial charge in [0.15, 0.2) is 23.5 Å². The number of nitrogens with one attached hydrogen (secondary N) is 1. The molecule has 46 heavy (non-hydrogen) atoms. The van der Waals surface area contributed by atoms with Gasteiger partial charge < -0.3 is 34.1 Å². The molecule has 9 nitrogen and oxygen atoms in total. The summed E-state index contributed by atoms with van der Waals surface area (Å²) in [7, 11) is 0. The van der Waals surface area contributed by atoms with Crippen molar-refractivity contribution < 1.29 is 47.2 Å². The number of carbonyl (C=O) groups excluding carboxylic acids is 1. The summed E-state index contributed by atoms with van der Waals surface area (Å²) in [5.74, 6) is -3.67. The average molecular weight is 660 g/mol. The summed E-state index contributed by atoms with van der Waals surface area (Å²) < 4.78 is 60.4. The van der Waals surface area contributed by atoms with Gasteiger partial charge in [-0.2, -0.15) is 0 Å². The smallest absolute Gasteiger partial charge is 0.407 e. The number of ether oxygens (including phenoxy) is 5. The molecule has 5 rings (SSSR count). The van der Waals surface area contributed by atoms with Gasteiger partial charge in [-0.05, 0) is 57.7 Å². The minimum atomic E-state index is -1.45. The zero-order valence-corrected chi connectivity index (χ0v) is 26.5. The van der Waals surface area contributed by atoms with Gasteiger partial charge in [0, 0.05) is 35.8 Å². The van der Waals surface area contributed by atoms with Crippen molar-refractivity contribution in [2.24, 2.45) is 0 Å². The fourth-order valence-corrected chi connectivity index (χ4v) is 5.86. The average Bonchev–Trinajstić information content (AvgIpc) is 3.39.